The van der Waals surface area contributed by atoms with Gasteiger partial charge in [0.1, 0.15) is 12.2 Å². The monoisotopic (exact) mass is 638 g/mol. The van der Waals surface area contributed by atoms with E-state index in [0.717, 1.165) is 14.9 Å². The molecule has 4 atom stereocenters. The molecule has 1 aromatic heterocycles. The van der Waals surface area contributed by atoms with Gasteiger partial charge in [0.2, 0.25) is 0 Å². The van der Waals surface area contributed by atoms with Crippen molar-refractivity contribution in [1.29, 1.82) is 0 Å². The lowest BCUT2D eigenvalue weighted by Gasteiger charge is -2.46. The van der Waals surface area contributed by atoms with Gasteiger partial charge in [-0.3, -0.25) is 19.1 Å². The van der Waals surface area contributed by atoms with Crippen molar-refractivity contribution in [3.05, 3.63) is 93.3 Å². The smallest absolute Gasteiger partial charge is 0.330 e. The fourth-order valence-corrected chi connectivity index (χ4v) is 11.6. The number of aldehydes is 1. The van der Waals surface area contributed by atoms with Crippen molar-refractivity contribution in [3.8, 4) is 0 Å². The number of aliphatic hydroxyl groups excluding tert-OH is 1. The molecule has 2 heterocycles. The Morgan fingerprint density at radius 1 is 0.955 bits per heavy atom. The second kappa shape index (κ2) is 12.1. The van der Waals surface area contributed by atoms with Gasteiger partial charge < -0.3 is 18.7 Å². The van der Waals surface area contributed by atoms with Crippen LogP contribution in [0, 0.1) is 6.92 Å². The first-order valence-electron chi connectivity index (χ1n) is 15.0. The Bertz CT molecular complexity index is 1540. The highest BCUT2D eigenvalue weighted by atomic mass is 28.4. The van der Waals surface area contributed by atoms with E-state index in [0.29, 0.717) is 6.29 Å². The third-order valence-electron chi connectivity index (χ3n) is 9.20. The van der Waals surface area contributed by atoms with Gasteiger partial charge in [-0.1, -0.05) is 102 Å². The summed E-state index contributed by atoms with van der Waals surface area (Å²) in [6.07, 6.45) is -1.89. The Morgan fingerprint density at radius 3 is 1.93 bits per heavy atom. The van der Waals surface area contributed by atoms with Gasteiger partial charge in [-0.2, -0.15) is 0 Å². The van der Waals surface area contributed by atoms with Gasteiger partial charge in [0, 0.05) is 11.8 Å². The zero-order chi connectivity index (χ0) is 32.7. The van der Waals surface area contributed by atoms with E-state index < -0.39 is 51.9 Å². The number of benzene rings is 2. The summed E-state index contributed by atoms with van der Waals surface area (Å²) in [5.74, 6) is 0. The SMILES string of the molecule is Cc1cn([C@@H]2O[C@](C=O)(CO[Si](c3ccccc3)(c3ccccc3)C(C)(C)C)C(O[Si](C)(C)C(C)(C)C)C2O)c(=O)[nH]c1=O. The summed E-state index contributed by atoms with van der Waals surface area (Å²) in [6, 6.07) is 20.0. The van der Waals surface area contributed by atoms with E-state index in [2.05, 4.69) is 70.8 Å². The fourth-order valence-electron chi connectivity index (χ4n) is 5.69. The summed E-state index contributed by atoms with van der Waals surface area (Å²) in [5, 5.41) is 13.2. The normalized spacial score (nSPS) is 23.1. The molecule has 0 radical (unpaired) electrons. The first-order valence-corrected chi connectivity index (χ1v) is 19.8. The number of hydrogen-bond acceptors (Lipinski definition) is 7. The van der Waals surface area contributed by atoms with Gasteiger partial charge in [0.15, 0.2) is 26.4 Å². The molecule has 9 nitrogen and oxygen atoms in total. The minimum absolute atomic E-state index is 0.228. The van der Waals surface area contributed by atoms with Crippen LogP contribution < -0.4 is 21.6 Å². The molecule has 11 heteroatoms. The van der Waals surface area contributed by atoms with Crippen LogP contribution in [0.2, 0.25) is 23.2 Å². The largest absolute Gasteiger partial charge is 0.408 e. The van der Waals surface area contributed by atoms with E-state index in [9.17, 15) is 19.5 Å². The van der Waals surface area contributed by atoms with Crippen molar-refractivity contribution >= 4 is 33.3 Å². The van der Waals surface area contributed by atoms with E-state index in [4.69, 9.17) is 13.6 Å². The summed E-state index contributed by atoms with van der Waals surface area (Å²) in [6.45, 7) is 18.0. The molecule has 1 saturated heterocycles. The predicted octanol–water partition coefficient (Wildman–Crippen LogP) is 3.64. The fraction of sp³-hybridized carbons (Fsp3) is 0.485. The van der Waals surface area contributed by atoms with Crippen LogP contribution in [-0.4, -0.2) is 62.0 Å². The topological polar surface area (TPSA) is 120 Å². The average Bonchev–Trinajstić information content (AvgIpc) is 3.21. The molecular weight excluding hydrogens is 593 g/mol. The third kappa shape index (κ3) is 6.01. The number of aryl methyl sites for hydroxylation is 1. The molecule has 0 saturated carbocycles. The Labute approximate surface area is 261 Å². The number of rotatable bonds is 9. The van der Waals surface area contributed by atoms with Crippen molar-refractivity contribution in [2.24, 2.45) is 0 Å². The quantitative estimate of drug-likeness (QED) is 0.271. The number of aromatic amines is 1. The molecular formula is C33H46N2O7Si2. The molecule has 1 aliphatic heterocycles. The lowest BCUT2D eigenvalue weighted by Crippen LogP contribution is -2.68. The zero-order valence-electron chi connectivity index (χ0n) is 27.2. The van der Waals surface area contributed by atoms with Crippen LogP contribution in [0.3, 0.4) is 0 Å². The molecule has 0 bridgehead atoms. The van der Waals surface area contributed by atoms with Crippen LogP contribution in [0.25, 0.3) is 0 Å². The molecule has 238 valence electrons. The number of ether oxygens (including phenoxy) is 1. The lowest BCUT2D eigenvalue weighted by molar-refractivity contribution is -0.149. The summed E-state index contributed by atoms with van der Waals surface area (Å²) >= 11 is 0. The van der Waals surface area contributed by atoms with Gasteiger partial charge in [0.25, 0.3) is 13.9 Å². The molecule has 3 aromatic rings. The number of H-pyrrole nitrogens is 1. The van der Waals surface area contributed by atoms with E-state index >= 15 is 0 Å². The first-order chi connectivity index (χ1) is 20.4. The Hall–Kier alpha value is -2.94. The molecule has 1 aliphatic rings. The first kappa shape index (κ1) is 33.9. The number of carbonyl (C=O) groups excluding carboxylic acids is 1. The second-order valence-corrected chi connectivity index (χ2v) is 23.4. The van der Waals surface area contributed by atoms with Crippen LogP contribution >= 0.6 is 0 Å². The van der Waals surface area contributed by atoms with Crippen LogP contribution in [0.1, 0.15) is 53.3 Å². The second-order valence-electron chi connectivity index (χ2n) is 14.3. The average molecular weight is 639 g/mol. The van der Waals surface area contributed by atoms with E-state index in [1.165, 1.54) is 6.20 Å². The van der Waals surface area contributed by atoms with Crippen LogP contribution in [0.15, 0.2) is 76.4 Å². The highest BCUT2D eigenvalue weighted by Crippen LogP contribution is 2.45. The molecule has 0 aliphatic carbocycles. The predicted molar refractivity (Wildman–Crippen MR) is 177 cm³/mol. The Kier molecular flexibility index (Phi) is 9.34. The maximum Gasteiger partial charge on any atom is 0.330 e. The van der Waals surface area contributed by atoms with Gasteiger partial charge in [-0.15, -0.1) is 0 Å². The van der Waals surface area contributed by atoms with Crippen molar-refractivity contribution in [2.75, 3.05) is 6.61 Å². The van der Waals surface area contributed by atoms with Crippen molar-refractivity contribution < 1.29 is 23.5 Å². The third-order valence-corrected chi connectivity index (χ3v) is 18.6. The number of aliphatic hydroxyl groups is 1. The Morgan fingerprint density at radius 2 is 1.48 bits per heavy atom. The van der Waals surface area contributed by atoms with Crippen molar-refractivity contribution in [1.82, 2.24) is 9.55 Å². The minimum atomic E-state index is -3.14. The lowest BCUT2D eigenvalue weighted by atomic mass is 9.98. The van der Waals surface area contributed by atoms with Crippen molar-refractivity contribution in [3.63, 3.8) is 0 Å². The molecule has 1 fully saturated rings. The molecule has 0 amide bonds. The maximum absolute atomic E-state index is 13.3. The Balaban J connectivity index is 1.89. The van der Waals surface area contributed by atoms with Gasteiger partial charge in [-0.05, 0) is 40.5 Å². The minimum Gasteiger partial charge on any atom is -0.408 e. The van der Waals surface area contributed by atoms with E-state index in [1.807, 2.05) is 49.5 Å². The number of nitrogens with zero attached hydrogens (tertiary/aromatic N) is 1. The summed E-state index contributed by atoms with van der Waals surface area (Å²) in [7, 11) is -5.74. The van der Waals surface area contributed by atoms with Gasteiger partial charge in [-0.25, -0.2) is 4.79 Å². The number of aromatic nitrogens is 2. The molecule has 2 aromatic carbocycles. The summed E-state index contributed by atoms with van der Waals surface area (Å²) in [4.78, 5) is 40.7. The maximum atomic E-state index is 13.3. The molecule has 2 unspecified atom stereocenters. The van der Waals surface area contributed by atoms with Crippen LogP contribution in [-0.2, 0) is 18.4 Å². The van der Waals surface area contributed by atoms with Crippen LogP contribution in [0.4, 0.5) is 0 Å². The summed E-state index contributed by atoms with van der Waals surface area (Å²) < 4.78 is 21.5. The molecule has 2 N–H and O–H groups in total. The number of carbonyl (C=O) groups is 1. The molecule has 4 rings (SSSR count). The molecule has 0 spiro atoms. The van der Waals surface area contributed by atoms with E-state index in [-0.39, 0.29) is 22.2 Å². The highest BCUT2D eigenvalue weighted by Gasteiger charge is 2.61. The summed E-state index contributed by atoms with van der Waals surface area (Å²) in [5.41, 5.74) is -2.81. The number of hydrogen-bond donors (Lipinski definition) is 2. The zero-order valence-corrected chi connectivity index (χ0v) is 29.2. The van der Waals surface area contributed by atoms with Gasteiger partial charge in [0.05, 0.1) is 6.61 Å². The highest BCUT2D eigenvalue weighted by molar-refractivity contribution is 6.99. The van der Waals surface area contributed by atoms with Crippen molar-refractivity contribution in [2.45, 2.75) is 95.7 Å². The van der Waals surface area contributed by atoms with Crippen LogP contribution in [0.5, 0.6) is 0 Å². The molecule has 44 heavy (non-hydrogen) atoms. The number of nitrogens with one attached hydrogen (secondary N) is 1. The van der Waals surface area contributed by atoms with Gasteiger partial charge >= 0.3 is 5.69 Å². The van der Waals surface area contributed by atoms with E-state index in [1.54, 1.807) is 6.92 Å². The standard InChI is InChI=1S/C33H46N2O7Si2/c1-23-20-35(30(39)34-28(23)38)29-26(37)27(42-43(8,9)31(2,3)4)33(21-36,41-29)22-40-44(32(5,6)7,24-16-12-10-13-17-24)25-18-14-11-15-19-25/h10-21,26-27,29,37H,22H2,1-9H3,(H,34,38,39)/t26?,27?,29-,33-/m1/s1.